The third kappa shape index (κ3) is 3.76. The Bertz CT molecular complexity index is 718. The molecule has 0 aliphatic heterocycles. The standard InChI is InChI=1S/C14H13Cl2N3O2S/c1-3-19(2)13(21)11-7-22-14(17-11)18-12(20)9-5-4-8(15)6-10(9)16/h4-7H,3H2,1-2H3,(H,17,18,20). The number of rotatable bonds is 4. The van der Waals surface area contributed by atoms with Crippen LogP contribution < -0.4 is 5.32 Å². The predicted octanol–water partition coefficient (Wildman–Crippen LogP) is 3.79. The number of carbonyl (C=O) groups is 2. The highest BCUT2D eigenvalue weighted by Crippen LogP contribution is 2.23. The minimum Gasteiger partial charge on any atom is -0.341 e. The van der Waals surface area contributed by atoms with Gasteiger partial charge in [0.05, 0.1) is 10.6 Å². The molecule has 0 atom stereocenters. The summed E-state index contributed by atoms with van der Waals surface area (Å²) in [6.45, 7) is 2.45. The number of hydrogen-bond donors (Lipinski definition) is 1. The molecule has 0 radical (unpaired) electrons. The van der Waals surface area contributed by atoms with E-state index in [1.807, 2.05) is 6.92 Å². The van der Waals surface area contributed by atoms with E-state index in [-0.39, 0.29) is 10.9 Å². The van der Waals surface area contributed by atoms with Gasteiger partial charge in [0, 0.05) is 24.0 Å². The number of aromatic nitrogens is 1. The van der Waals surface area contributed by atoms with Crippen molar-refractivity contribution < 1.29 is 9.59 Å². The van der Waals surface area contributed by atoms with Crippen LogP contribution in [0.3, 0.4) is 0 Å². The van der Waals surface area contributed by atoms with Gasteiger partial charge in [-0.2, -0.15) is 0 Å². The first-order valence-corrected chi connectivity index (χ1v) is 8.03. The minimum absolute atomic E-state index is 0.191. The highest BCUT2D eigenvalue weighted by Gasteiger charge is 2.17. The second kappa shape index (κ2) is 7.09. The van der Waals surface area contributed by atoms with Crippen LogP contribution in [-0.2, 0) is 0 Å². The largest absolute Gasteiger partial charge is 0.341 e. The number of nitrogens with zero attached hydrogens (tertiary/aromatic N) is 2. The van der Waals surface area contributed by atoms with Gasteiger partial charge in [-0.3, -0.25) is 14.9 Å². The monoisotopic (exact) mass is 357 g/mol. The van der Waals surface area contributed by atoms with Crippen molar-refractivity contribution in [2.24, 2.45) is 0 Å². The fourth-order valence-electron chi connectivity index (χ4n) is 1.61. The molecule has 1 aromatic heterocycles. The van der Waals surface area contributed by atoms with Gasteiger partial charge in [-0.25, -0.2) is 4.98 Å². The molecule has 1 N–H and O–H groups in total. The lowest BCUT2D eigenvalue weighted by atomic mass is 10.2. The van der Waals surface area contributed by atoms with Crippen LogP contribution in [0.1, 0.15) is 27.8 Å². The molecule has 0 aliphatic carbocycles. The van der Waals surface area contributed by atoms with Crippen LogP contribution in [0.4, 0.5) is 5.13 Å². The van der Waals surface area contributed by atoms with Crippen molar-refractivity contribution in [2.45, 2.75) is 6.92 Å². The molecule has 0 unspecified atom stereocenters. The van der Waals surface area contributed by atoms with E-state index in [0.717, 1.165) is 0 Å². The summed E-state index contributed by atoms with van der Waals surface area (Å²) < 4.78 is 0. The molecule has 0 saturated heterocycles. The molecule has 0 aliphatic rings. The van der Waals surface area contributed by atoms with Gasteiger partial charge in [0.1, 0.15) is 5.69 Å². The molecule has 0 spiro atoms. The maximum Gasteiger partial charge on any atom is 0.273 e. The zero-order valence-electron chi connectivity index (χ0n) is 11.9. The second-order valence-corrected chi connectivity index (χ2v) is 6.14. The van der Waals surface area contributed by atoms with Crippen LogP contribution in [0.2, 0.25) is 10.0 Å². The van der Waals surface area contributed by atoms with Crippen LogP contribution in [-0.4, -0.2) is 35.3 Å². The highest BCUT2D eigenvalue weighted by molar-refractivity contribution is 7.14. The molecule has 5 nitrogen and oxygen atoms in total. The summed E-state index contributed by atoms with van der Waals surface area (Å²) in [7, 11) is 1.69. The Kier molecular flexibility index (Phi) is 5.39. The van der Waals surface area contributed by atoms with Crippen LogP contribution in [0, 0.1) is 0 Å². The smallest absolute Gasteiger partial charge is 0.273 e. The summed E-state index contributed by atoms with van der Waals surface area (Å²) >= 11 is 13.0. The van der Waals surface area contributed by atoms with E-state index in [0.29, 0.717) is 28.0 Å². The number of carbonyl (C=O) groups excluding carboxylic acids is 2. The molecule has 2 rings (SSSR count). The minimum atomic E-state index is -0.404. The van der Waals surface area contributed by atoms with Gasteiger partial charge in [0.2, 0.25) is 0 Å². The number of halogens is 2. The van der Waals surface area contributed by atoms with E-state index in [1.54, 1.807) is 18.5 Å². The third-order valence-electron chi connectivity index (χ3n) is 2.94. The summed E-state index contributed by atoms with van der Waals surface area (Å²) in [5.74, 6) is -0.595. The van der Waals surface area contributed by atoms with Gasteiger partial charge >= 0.3 is 0 Å². The molecule has 0 fully saturated rings. The van der Waals surface area contributed by atoms with Crippen LogP contribution in [0.25, 0.3) is 0 Å². The zero-order chi connectivity index (χ0) is 16.3. The molecular weight excluding hydrogens is 345 g/mol. The first-order chi connectivity index (χ1) is 10.4. The summed E-state index contributed by atoms with van der Waals surface area (Å²) in [4.78, 5) is 29.8. The average molecular weight is 358 g/mol. The van der Waals surface area contributed by atoms with Gasteiger partial charge in [0.25, 0.3) is 11.8 Å². The molecule has 2 amide bonds. The number of benzene rings is 1. The van der Waals surface area contributed by atoms with E-state index in [4.69, 9.17) is 23.2 Å². The Labute approximate surface area is 141 Å². The highest BCUT2D eigenvalue weighted by atomic mass is 35.5. The van der Waals surface area contributed by atoms with Crippen LogP contribution in [0.5, 0.6) is 0 Å². The van der Waals surface area contributed by atoms with E-state index >= 15 is 0 Å². The second-order valence-electron chi connectivity index (χ2n) is 4.44. The fourth-order valence-corrected chi connectivity index (χ4v) is 2.78. The van der Waals surface area contributed by atoms with Gasteiger partial charge < -0.3 is 4.90 Å². The molecule has 22 heavy (non-hydrogen) atoms. The number of amides is 2. The van der Waals surface area contributed by atoms with Gasteiger partial charge in [-0.05, 0) is 25.1 Å². The summed E-state index contributed by atoms with van der Waals surface area (Å²) in [6.07, 6.45) is 0. The predicted molar refractivity (Wildman–Crippen MR) is 89.2 cm³/mol. The number of hydrogen-bond acceptors (Lipinski definition) is 4. The molecule has 1 heterocycles. The Balaban J connectivity index is 2.13. The van der Waals surface area contributed by atoms with E-state index in [1.165, 1.54) is 28.4 Å². The van der Waals surface area contributed by atoms with Crippen molar-refractivity contribution in [3.05, 3.63) is 44.9 Å². The molecule has 116 valence electrons. The summed E-state index contributed by atoms with van der Waals surface area (Å²) in [5.41, 5.74) is 0.590. The Morgan fingerprint density at radius 3 is 2.73 bits per heavy atom. The maximum absolute atomic E-state index is 12.1. The Morgan fingerprint density at radius 1 is 1.36 bits per heavy atom. The van der Waals surface area contributed by atoms with Crippen LogP contribution in [0.15, 0.2) is 23.6 Å². The number of anilines is 1. The van der Waals surface area contributed by atoms with E-state index < -0.39 is 5.91 Å². The molecule has 1 aromatic carbocycles. The maximum atomic E-state index is 12.1. The van der Waals surface area contributed by atoms with E-state index in [2.05, 4.69) is 10.3 Å². The lowest BCUT2D eigenvalue weighted by Gasteiger charge is -2.11. The summed E-state index contributed by atoms with van der Waals surface area (Å²) in [6, 6.07) is 4.60. The lowest BCUT2D eigenvalue weighted by molar-refractivity contribution is 0.0797. The van der Waals surface area contributed by atoms with Crippen molar-refractivity contribution in [3.63, 3.8) is 0 Å². The zero-order valence-corrected chi connectivity index (χ0v) is 14.2. The van der Waals surface area contributed by atoms with Crippen LogP contribution >= 0.6 is 34.5 Å². The van der Waals surface area contributed by atoms with Crippen molar-refractivity contribution in [1.82, 2.24) is 9.88 Å². The fraction of sp³-hybridized carbons (Fsp3) is 0.214. The normalized spacial score (nSPS) is 10.4. The number of thiazole rings is 1. The molecule has 0 bridgehead atoms. The van der Waals surface area contributed by atoms with E-state index in [9.17, 15) is 9.59 Å². The van der Waals surface area contributed by atoms with Gasteiger partial charge in [-0.1, -0.05) is 23.2 Å². The average Bonchev–Trinajstić information content (AvgIpc) is 2.93. The topological polar surface area (TPSA) is 62.3 Å². The van der Waals surface area contributed by atoms with Crippen molar-refractivity contribution in [2.75, 3.05) is 18.9 Å². The molecule has 8 heteroatoms. The van der Waals surface area contributed by atoms with Crippen molar-refractivity contribution in [1.29, 1.82) is 0 Å². The molecule has 2 aromatic rings. The number of nitrogens with one attached hydrogen (secondary N) is 1. The van der Waals surface area contributed by atoms with Gasteiger partial charge in [0.15, 0.2) is 5.13 Å². The van der Waals surface area contributed by atoms with Crippen molar-refractivity contribution >= 4 is 51.5 Å². The lowest BCUT2D eigenvalue weighted by Crippen LogP contribution is -2.26. The van der Waals surface area contributed by atoms with Gasteiger partial charge in [-0.15, -0.1) is 11.3 Å². The third-order valence-corrected chi connectivity index (χ3v) is 4.25. The summed E-state index contributed by atoms with van der Waals surface area (Å²) in [5, 5.41) is 5.27. The molecule has 0 saturated carbocycles. The first-order valence-electron chi connectivity index (χ1n) is 6.39. The Hall–Kier alpha value is -1.63. The quantitative estimate of drug-likeness (QED) is 0.904. The Morgan fingerprint density at radius 2 is 2.09 bits per heavy atom. The molecular formula is C14H13Cl2N3O2S. The SMILES string of the molecule is CCN(C)C(=O)c1csc(NC(=O)c2ccc(Cl)cc2Cl)n1. The first kappa shape index (κ1) is 16.7. The van der Waals surface area contributed by atoms with Crippen molar-refractivity contribution in [3.8, 4) is 0 Å².